The van der Waals surface area contributed by atoms with Crippen LogP contribution in [0.3, 0.4) is 0 Å². The van der Waals surface area contributed by atoms with Gasteiger partial charge in [0.25, 0.3) is 5.91 Å². The van der Waals surface area contributed by atoms with Crippen molar-refractivity contribution >= 4 is 28.4 Å². The summed E-state index contributed by atoms with van der Waals surface area (Å²) in [4.78, 5) is 15.7. The first kappa shape index (κ1) is 15.4. The van der Waals surface area contributed by atoms with Crippen LogP contribution >= 0.6 is 11.6 Å². The number of carbonyl (C=O) groups excluding carboxylic acids is 1. The highest BCUT2D eigenvalue weighted by atomic mass is 35.5. The van der Waals surface area contributed by atoms with Gasteiger partial charge in [-0.05, 0) is 12.0 Å². The molecule has 5 nitrogen and oxygen atoms in total. The molecule has 0 saturated heterocycles. The normalized spacial score (nSPS) is 11.0. The Labute approximate surface area is 138 Å². The number of nitrogens with two attached hydrogens (primary N) is 1. The number of halogens is 1. The van der Waals surface area contributed by atoms with E-state index in [1.807, 2.05) is 41.8 Å². The number of amides is 1. The van der Waals surface area contributed by atoms with Crippen molar-refractivity contribution in [3.8, 4) is 5.75 Å². The summed E-state index contributed by atoms with van der Waals surface area (Å²) in [5.74, 6) is -1.03. The van der Waals surface area contributed by atoms with E-state index >= 15 is 0 Å². The third kappa shape index (κ3) is 2.64. The highest BCUT2D eigenvalue weighted by Crippen LogP contribution is 2.37. The number of rotatable bonds is 4. The number of pyridine rings is 1. The molecule has 118 valence electrons. The molecule has 0 aliphatic heterocycles. The van der Waals surface area contributed by atoms with E-state index in [2.05, 4.69) is 4.98 Å². The zero-order valence-electron chi connectivity index (χ0n) is 12.6. The Balaban J connectivity index is 2.25. The molecule has 0 aliphatic rings. The van der Waals surface area contributed by atoms with E-state index in [0.717, 1.165) is 11.1 Å². The van der Waals surface area contributed by atoms with Crippen LogP contribution in [0, 0.1) is 0 Å². The summed E-state index contributed by atoms with van der Waals surface area (Å²) in [6.45, 7) is 2.52. The number of fused-ring (bicyclic) bond motifs is 1. The van der Waals surface area contributed by atoms with E-state index in [9.17, 15) is 9.90 Å². The molecule has 1 aromatic carbocycles. The number of primary amides is 1. The van der Waals surface area contributed by atoms with E-state index in [1.54, 1.807) is 6.20 Å². The summed E-state index contributed by atoms with van der Waals surface area (Å²) in [5, 5.41) is 11.1. The summed E-state index contributed by atoms with van der Waals surface area (Å²) in [7, 11) is 0. The second-order valence-corrected chi connectivity index (χ2v) is 5.69. The van der Waals surface area contributed by atoms with Crippen LogP contribution in [0.5, 0.6) is 5.75 Å². The number of aromatic nitrogens is 2. The van der Waals surface area contributed by atoms with E-state index in [4.69, 9.17) is 17.3 Å². The van der Waals surface area contributed by atoms with Crippen molar-refractivity contribution in [2.75, 3.05) is 0 Å². The van der Waals surface area contributed by atoms with Crippen molar-refractivity contribution in [2.45, 2.75) is 19.9 Å². The lowest BCUT2D eigenvalue weighted by Gasteiger charge is -2.11. The van der Waals surface area contributed by atoms with Gasteiger partial charge in [0.1, 0.15) is 0 Å². The summed E-state index contributed by atoms with van der Waals surface area (Å²) in [6.07, 6.45) is 2.33. The number of hydrogen-bond donors (Lipinski definition) is 2. The van der Waals surface area contributed by atoms with Gasteiger partial charge >= 0.3 is 0 Å². The Bertz CT molecular complexity index is 888. The molecule has 1 amide bonds. The van der Waals surface area contributed by atoms with Crippen LogP contribution in [0.1, 0.15) is 28.7 Å². The lowest BCUT2D eigenvalue weighted by Crippen LogP contribution is -2.15. The second-order valence-electron chi connectivity index (χ2n) is 5.29. The Morgan fingerprint density at radius 2 is 2.04 bits per heavy atom. The van der Waals surface area contributed by atoms with Gasteiger partial charge in [-0.2, -0.15) is 0 Å². The highest BCUT2D eigenvalue weighted by molar-refractivity contribution is 6.36. The number of nitrogens with zero attached hydrogens (tertiary/aromatic N) is 2. The fourth-order valence-corrected chi connectivity index (χ4v) is 3.04. The van der Waals surface area contributed by atoms with E-state index in [0.29, 0.717) is 29.1 Å². The van der Waals surface area contributed by atoms with Crippen LogP contribution in [-0.4, -0.2) is 20.6 Å². The molecule has 23 heavy (non-hydrogen) atoms. The lowest BCUT2D eigenvalue weighted by atomic mass is 10.1. The molecule has 0 fully saturated rings. The molecular weight excluding hydrogens is 314 g/mol. The Morgan fingerprint density at radius 1 is 1.35 bits per heavy atom. The molecule has 3 N–H and O–H groups in total. The molecule has 0 atom stereocenters. The number of aryl methyl sites for hydroxylation is 1. The van der Waals surface area contributed by atoms with Crippen LogP contribution in [-0.2, 0) is 13.0 Å². The standard InChI is InChI=1S/C17H16ClN3O2/c1-2-12-15-13(16(22)14(20-12)17(19)23)11(18)9-21(15)8-10-6-4-3-5-7-10/h3-7,9,22H,2,8H2,1H3,(H2,19,23). The number of benzene rings is 1. The van der Waals surface area contributed by atoms with Crippen molar-refractivity contribution in [2.24, 2.45) is 5.73 Å². The molecule has 6 heteroatoms. The molecule has 0 saturated carbocycles. The summed E-state index contributed by atoms with van der Waals surface area (Å²) < 4.78 is 1.93. The van der Waals surface area contributed by atoms with Crippen molar-refractivity contribution in [3.05, 3.63) is 58.5 Å². The van der Waals surface area contributed by atoms with Gasteiger partial charge in [0.15, 0.2) is 11.4 Å². The van der Waals surface area contributed by atoms with Crippen LogP contribution in [0.2, 0.25) is 5.02 Å². The van der Waals surface area contributed by atoms with Gasteiger partial charge in [0.05, 0.1) is 21.6 Å². The van der Waals surface area contributed by atoms with Gasteiger partial charge in [-0.1, -0.05) is 48.9 Å². The molecule has 3 rings (SSSR count). The molecule has 2 aromatic heterocycles. The summed E-state index contributed by atoms with van der Waals surface area (Å²) in [5.41, 5.74) is 7.65. The topological polar surface area (TPSA) is 81.1 Å². The Kier molecular flexibility index (Phi) is 3.96. The van der Waals surface area contributed by atoms with Gasteiger partial charge in [-0.25, -0.2) is 4.98 Å². The number of aromatic hydroxyl groups is 1. The van der Waals surface area contributed by atoms with Crippen molar-refractivity contribution < 1.29 is 9.90 Å². The minimum atomic E-state index is -0.772. The molecule has 2 heterocycles. The summed E-state index contributed by atoms with van der Waals surface area (Å²) >= 11 is 6.29. The van der Waals surface area contributed by atoms with Crippen LogP contribution in [0.25, 0.3) is 10.9 Å². The van der Waals surface area contributed by atoms with E-state index in [-0.39, 0.29) is 11.4 Å². The lowest BCUT2D eigenvalue weighted by molar-refractivity contribution is 0.0993. The minimum Gasteiger partial charge on any atom is -0.505 e. The third-order valence-corrected chi connectivity index (χ3v) is 4.06. The van der Waals surface area contributed by atoms with Crippen LogP contribution in [0.4, 0.5) is 0 Å². The minimum absolute atomic E-state index is 0.145. The smallest absolute Gasteiger partial charge is 0.271 e. The third-order valence-electron chi connectivity index (χ3n) is 3.78. The van der Waals surface area contributed by atoms with Crippen molar-refractivity contribution in [1.29, 1.82) is 0 Å². The van der Waals surface area contributed by atoms with Crippen molar-refractivity contribution in [3.63, 3.8) is 0 Å². The maximum Gasteiger partial charge on any atom is 0.271 e. The fraction of sp³-hybridized carbons (Fsp3) is 0.176. The van der Waals surface area contributed by atoms with Gasteiger partial charge in [-0.3, -0.25) is 4.79 Å². The average Bonchev–Trinajstić information content (AvgIpc) is 2.86. The zero-order chi connectivity index (χ0) is 16.6. The second kappa shape index (κ2) is 5.93. The number of hydrogen-bond acceptors (Lipinski definition) is 3. The first-order chi connectivity index (χ1) is 11.0. The van der Waals surface area contributed by atoms with Gasteiger partial charge < -0.3 is 15.4 Å². The highest BCUT2D eigenvalue weighted by Gasteiger charge is 2.22. The Hall–Kier alpha value is -2.53. The molecule has 0 aliphatic carbocycles. The maximum atomic E-state index is 11.5. The van der Waals surface area contributed by atoms with Gasteiger partial charge in [0.2, 0.25) is 0 Å². The van der Waals surface area contributed by atoms with E-state index < -0.39 is 5.91 Å². The first-order valence-electron chi connectivity index (χ1n) is 7.26. The molecule has 3 aromatic rings. The Morgan fingerprint density at radius 3 is 2.65 bits per heavy atom. The summed E-state index contributed by atoms with van der Waals surface area (Å²) in [6, 6.07) is 9.90. The molecule has 0 unspecified atom stereocenters. The average molecular weight is 330 g/mol. The monoisotopic (exact) mass is 329 g/mol. The molecule has 0 spiro atoms. The molecular formula is C17H16ClN3O2. The predicted molar refractivity (Wildman–Crippen MR) is 89.8 cm³/mol. The quantitative estimate of drug-likeness (QED) is 0.771. The molecule has 0 bridgehead atoms. The molecule has 0 radical (unpaired) electrons. The van der Waals surface area contributed by atoms with Gasteiger partial charge in [-0.15, -0.1) is 0 Å². The maximum absolute atomic E-state index is 11.5. The predicted octanol–water partition coefficient (Wildman–Crippen LogP) is 3.10. The fourth-order valence-electron chi connectivity index (χ4n) is 2.74. The first-order valence-corrected chi connectivity index (χ1v) is 7.64. The van der Waals surface area contributed by atoms with Crippen LogP contribution < -0.4 is 5.73 Å². The zero-order valence-corrected chi connectivity index (χ0v) is 13.3. The SMILES string of the molecule is CCc1nc(C(N)=O)c(O)c2c(Cl)cn(Cc3ccccc3)c12. The van der Waals surface area contributed by atoms with Crippen molar-refractivity contribution in [1.82, 2.24) is 9.55 Å². The number of carbonyl (C=O) groups is 1. The van der Waals surface area contributed by atoms with Gasteiger partial charge in [0, 0.05) is 12.7 Å². The van der Waals surface area contributed by atoms with E-state index in [1.165, 1.54) is 0 Å². The van der Waals surface area contributed by atoms with Crippen LogP contribution in [0.15, 0.2) is 36.5 Å². The largest absolute Gasteiger partial charge is 0.505 e.